The number of nitrogens with two attached hydrogens (primary N) is 1. The van der Waals surface area contributed by atoms with Gasteiger partial charge in [-0.1, -0.05) is 36.9 Å². The van der Waals surface area contributed by atoms with Gasteiger partial charge in [-0.15, -0.1) is 0 Å². The lowest BCUT2D eigenvalue weighted by Crippen LogP contribution is -2.31. The number of benzene rings is 1. The van der Waals surface area contributed by atoms with Crippen LogP contribution in [0.1, 0.15) is 37.3 Å². The maximum absolute atomic E-state index is 13.8. The molecule has 0 aromatic heterocycles. The molecule has 1 saturated carbocycles. The Hall–Kier alpha value is -0.640. The molecule has 1 fully saturated rings. The summed E-state index contributed by atoms with van der Waals surface area (Å²) in [7, 11) is 0. The summed E-state index contributed by atoms with van der Waals surface area (Å²) in [5, 5.41) is 3.76. The molecule has 0 saturated heterocycles. The first-order chi connectivity index (χ1) is 8.70. The highest BCUT2D eigenvalue weighted by Gasteiger charge is 2.18. The molecule has 2 rings (SSSR count). The van der Waals surface area contributed by atoms with Crippen molar-refractivity contribution in [2.24, 2.45) is 11.7 Å². The van der Waals surface area contributed by atoms with E-state index in [1.54, 1.807) is 12.1 Å². The fraction of sp³-hybridized carbons (Fsp3) is 0.571. The van der Waals surface area contributed by atoms with Gasteiger partial charge in [-0.05, 0) is 31.0 Å². The van der Waals surface area contributed by atoms with Gasteiger partial charge in [-0.2, -0.15) is 0 Å². The molecular weight excluding hydrogens is 251 g/mol. The third-order valence-corrected chi connectivity index (χ3v) is 3.98. The van der Waals surface area contributed by atoms with E-state index >= 15 is 0 Å². The molecule has 100 valence electrons. The molecule has 1 unspecified atom stereocenters. The van der Waals surface area contributed by atoms with Crippen molar-refractivity contribution in [2.45, 2.75) is 31.7 Å². The molecule has 18 heavy (non-hydrogen) atoms. The van der Waals surface area contributed by atoms with Crippen molar-refractivity contribution < 1.29 is 4.39 Å². The third-order valence-electron chi connectivity index (χ3n) is 3.74. The summed E-state index contributed by atoms with van der Waals surface area (Å²) in [5.41, 5.74) is 6.32. The monoisotopic (exact) mass is 270 g/mol. The molecular formula is C14H20ClFN2. The van der Waals surface area contributed by atoms with E-state index in [2.05, 4.69) is 5.32 Å². The molecule has 0 aliphatic heterocycles. The van der Waals surface area contributed by atoms with Gasteiger partial charge in [0.2, 0.25) is 0 Å². The number of hydrogen-bond acceptors (Lipinski definition) is 2. The predicted molar refractivity (Wildman–Crippen MR) is 73.2 cm³/mol. The molecule has 0 spiro atoms. The maximum Gasteiger partial charge on any atom is 0.129 e. The van der Waals surface area contributed by atoms with Crippen molar-refractivity contribution in [1.29, 1.82) is 0 Å². The minimum atomic E-state index is -0.283. The van der Waals surface area contributed by atoms with E-state index in [0.29, 0.717) is 17.1 Å². The van der Waals surface area contributed by atoms with Crippen LogP contribution in [0.4, 0.5) is 4.39 Å². The SMILES string of the molecule is NCC(NCCC1CCC1)c1ccc(Cl)cc1F. The Morgan fingerprint density at radius 1 is 1.44 bits per heavy atom. The van der Waals surface area contributed by atoms with Crippen LogP contribution >= 0.6 is 11.6 Å². The highest BCUT2D eigenvalue weighted by molar-refractivity contribution is 6.30. The van der Waals surface area contributed by atoms with Gasteiger partial charge >= 0.3 is 0 Å². The van der Waals surface area contributed by atoms with Crippen LogP contribution in [0.25, 0.3) is 0 Å². The van der Waals surface area contributed by atoms with E-state index in [4.69, 9.17) is 17.3 Å². The topological polar surface area (TPSA) is 38.0 Å². The molecule has 0 amide bonds. The van der Waals surface area contributed by atoms with Crippen molar-refractivity contribution in [3.63, 3.8) is 0 Å². The predicted octanol–water partition coefficient (Wildman–Crippen LogP) is 3.26. The Labute approximate surface area is 113 Å². The van der Waals surface area contributed by atoms with Crippen molar-refractivity contribution in [1.82, 2.24) is 5.32 Å². The van der Waals surface area contributed by atoms with Crippen molar-refractivity contribution in [2.75, 3.05) is 13.1 Å². The molecule has 1 aliphatic carbocycles. The van der Waals surface area contributed by atoms with Gasteiger partial charge in [0.15, 0.2) is 0 Å². The van der Waals surface area contributed by atoms with Crippen LogP contribution in [0.3, 0.4) is 0 Å². The summed E-state index contributed by atoms with van der Waals surface area (Å²) in [5.74, 6) is 0.570. The Bertz CT molecular complexity index is 393. The van der Waals surface area contributed by atoms with Crippen LogP contribution in [-0.2, 0) is 0 Å². The Morgan fingerprint density at radius 3 is 2.78 bits per heavy atom. The second kappa shape index (κ2) is 6.50. The van der Waals surface area contributed by atoms with Crippen LogP contribution in [-0.4, -0.2) is 13.1 Å². The minimum absolute atomic E-state index is 0.123. The smallest absolute Gasteiger partial charge is 0.129 e. The quantitative estimate of drug-likeness (QED) is 0.833. The van der Waals surface area contributed by atoms with Gasteiger partial charge in [0.05, 0.1) is 0 Å². The zero-order chi connectivity index (χ0) is 13.0. The summed E-state index contributed by atoms with van der Waals surface area (Å²) in [6.45, 7) is 1.29. The molecule has 0 bridgehead atoms. The first-order valence-corrected chi connectivity index (χ1v) is 6.97. The minimum Gasteiger partial charge on any atom is -0.329 e. The van der Waals surface area contributed by atoms with Crippen LogP contribution in [0.2, 0.25) is 5.02 Å². The second-order valence-corrected chi connectivity index (χ2v) is 5.43. The van der Waals surface area contributed by atoms with E-state index in [-0.39, 0.29) is 11.9 Å². The molecule has 1 aliphatic rings. The third kappa shape index (κ3) is 3.44. The van der Waals surface area contributed by atoms with E-state index < -0.39 is 0 Å². The largest absolute Gasteiger partial charge is 0.329 e. The summed E-state index contributed by atoms with van der Waals surface area (Å²) in [4.78, 5) is 0. The summed E-state index contributed by atoms with van der Waals surface area (Å²) in [6, 6.07) is 4.64. The Morgan fingerprint density at radius 2 is 2.22 bits per heavy atom. The van der Waals surface area contributed by atoms with Crippen LogP contribution < -0.4 is 11.1 Å². The average Bonchev–Trinajstić information content (AvgIpc) is 2.28. The summed E-state index contributed by atoms with van der Waals surface area (Å²) >= 11 is 5.75. The highest BCUT2D eigenvalue weighted by Crippen LogP contribution is 2.29. The van der Waals surface area contributed by atoms with Crippen molar-refractivity contribution in [3.05, 3.63) is 34.6 Å². The zero-order valence-electron chi connectivity index (χ0n) is 10.5. The molecule has 1 aromatic rings. The second-order valence-electron chi connectivity index (χ2n) is 4.99. The zero-order valence-corrected chi connectivity index (χ0v) is 11.2. The molecule has 4 heteroatoms. The summed E-state index contributed by atoms with van der Waals surface area (Å²) in [6.07, 6.45) is 5.19. The van der Waals surface area contributed by atoms with E-state index in [9.17, 15) is 4.39 Å². The molecule has 2 nitrogen and oxygen atoms in total. The van der Waals surface area contributed by atoms with Crippen LogP contribution in [0, 0.1) is 11.7 Å². The first kappa shape index (κ1) is 13.8. The molecule has 3 N–H and O–H groups in total. The fourth-order valence-electron chi connectivity index (χ4n) is 2.35. The van der Waals surface area contributed by atoms with Crippen LogP contribution in [0.15, 0.2) is 18.2 Å². The van der Waals surface area contributed by atoms with Gasteiger partial charge in [-0.25, -0.2) is 4.39 Å². The lowest BCUT2D eigenvalue weighted by atomic mass is 9.83. The number of hydrogen-bond donors (Lipinski definition) is 2. The Kier molecular flexibility index (Phi) is 4.98. The van der Waals surface area contributed by atoms with Gasteiger partial charge in [-0.3, -0.25) is 0 Å². The highest BCUT2D eigenvalue weighted by atomic mass is 35.5. The number of rotatable bonds is 6. The fourth-order valence-corrected chi connectivity index (χ4v) is 2.51. The van der Waals surface area contributed by atoms with Crippen molar-refractivity contribution in [3.8, 4) is 0 Å². The Balaban J connectivity index is 1.89. The van der Waals surface area contributed by atoms with Gasteiger partial charge in [0, 0.05) is 23.2 Å². The molecule has 1 aromatic carbocycles. The number of nitrogens with one attached hydrogen (secondary N) is 1. The molecule has 0 radical (unpaired) electrons. The average molecular weight is 271 g/mol. The molecule has 1 atom stereocenters. The van der Waals surface area contributed by atoms with Gasteiger partial charge < -0.3 is 11.1 Å². The first-order valence-electron chi connectivity index (χ1n) is 6.59. The lowest BCUT2D eigenvalue weighted by molar-refractivity contribution is 0.287. The molecule has 0 heterocycles. The van der Waals surface area contributed by atoms with E-state index in [1.165, 1.54) is 25.3 Å². The van der Waals surface area contributed by atoms with Crippen molar-refractivity contribution >= 4 is 11.6 Å². The van der Waals surface area contributed by atoms with Crippen LogP contribution in [0.5, 0.6) is 0 Å². The van der Waals surface area contributed by atoms with E-state index in [1.807, 2.05) is 0 Å². The van der Waals surface area contributed by atoms with E-state index in [0.717, 1.165) is 18.9 Å². The summed E-state index contributed by atoms with van der Waals surface area (Å²) < 4.78 is 13.8. The standard InChI is InChI=1S/C14H20ClFN2/c15-11-4-5-12(13(16)8-11)14(9-17)18-7-6-10-2-1-3-10/h4-5,8,10,14,18H,1-3,6-7,9,17H2. The normalized spacial score (nSPS) is 17.5. The number of halogens is 2. The lowest BCUT2D eigenvalue weighted by Gasteiger charge is -2.26. The maximum atomic E-state index is 13.8. The van der Waals surface area contributed by atoms with Gasteiger partial charge in [0.25, 0.3) is 0 Å². The van der Waals surface area contributed by atoms with Gasteiger partial charge in [0.1, 0.15) is 5.82 Å².